The van der Waals surface area contributed by atoms with Crippen molar-refractivity contribution >= 4 is 11.6 Å². The molecule has 0 unspecified atom stereocenters. The number of benzene rings is 1. The molecule has 3 nitrogen and oxygen atoms in total. The van der Waals surface area contributed by atoms with Crippen molar-refractivity contribution in [2.45, 2.75) is 39.0 Å². The number of hydrogen-bond acceptors (Lipinski definition) is 2. The number of nitrogens with zero attached hydrogens (tertiary/aromatic N) is 1. The van der Waals surface area contributed by atoms with Gasteiger partial charge in [-0.25, -0.2) is 0 Å². The van der Waals surface area contributed by atoms with E-state index in [0.717, 1.165) is 24.0 Å². The first kappa shape index (κ1) is 17.6. The molecule has 0 N–H and O–H groups in total. The van der Waals surface area contributed by atoms with E-state index in [0.29, 0.717) is 28.6 Å². The van der Waals surface area contributed by atoms with Gasteiger partial charge in [0.05, 0.1) is 26.7 Å². The number of quaternary nitrogens is 1. The summed E-state index contributed by atoms with van der Waals surface area (Å²) in [5.74, 6) is 0.0962. The van der Waals surface area contributed by atoms with Gasteiger partial charge in [-0.05, 0) is 12.8 Å². The van der Waals surface area contributed by atoms with Crippen LogP contribution >= 0.6 is 0 Å². The Balaban J connectivity index is 2.37. The third-order valence-electron chi connectivity index (χ3n) is 4.24. The van der Waals surface area contributed by atoms with Gasteiger partial charge in [0.1, 0.15) is 6.54 Å². The van der Waals surface area contributed by atoms with Gasteiger partial charge >= 0.3 is 0 Å². The lowest BCUT2D eigenvalue weighted by Gasteiger charge is -2.28. The molecule has 0 saturated heterocycles. The summed E-state index contributed by atoms with van der Waals surface area (Å²) in [7, 11) is 6.17. The second kappa shape index (κ2) is 7.22. The van der Waals surface area contributed by atoms with Crippen molar-refractivity contribution in [3.63, 3.8) is 0 Å². The van der Waals surface area contributed by atoms with Crippen LogP contribution in [0.4, 0.5) is 0 Å². The number of fused-ring (bicyclic) bond motifs is 1. The van der Waals surface area contributed by atoms with Crippen molar-refractivity contribution in [1.29, 1.82) is 0 Å². The van der Waals surface area contributed by atoms with Crippen molar-refractivity contribution < 1.29 is 14.1 Å². The minimum absolute atomic E-state index is 0.0405. The fourth-order valence-corrected chi connectivity index (χ4v) is 3.11. The Hall–Kier alpha value is -1.74. The van der Waals surface area contributed by atoms with Crippen molar-refractivity contribution in [1.82, 2.24) is 0 Å². The summed E-state index contributed by atoms with van der Waals surface area (Å²) in [6.45, 7) is 2.77. The highest BCUT2D eigenvalue weighted by Crippen LogP contribution is 2.30. The fraction of sp³-hybridized carbons (Fsp3) is 0.500. The Kier molecular flexibility index (Phi) is 5.53. The second-order valence-electron chi connectivity index (χ2n) is 7.42. The topological polar surface area (TPSA) is 34.1 Å². The number of likely N-dealkylation sites (N-methyl/N-ethyl adjacent to an activating group) is 1. The van der Waals surface area contributed by atoms with Crippen LogP contribution in [0.2, 0.25) is 0 Å². The van der Waals surface area contributed by atoms with Crippen LogP contribution in [0, 0.1) is 0 Å². The van der Waals surface area contributed by atoms with E-state index in [1.54, 1.807) is 12.1 Å². The number of Topliss-reactive ketones (excluding diaryl/α,β-unsaturated/α-hetero) is 2. The average Bonchev–Trinajstić information content (AvgIpc) is 2.50. The van der Waals surface area contributed by atoms with E-state index < -0.39 is 0 Å². The van der Waals surface area contributed by atoms with Gasteiger partial charge < -0.3 is 4.48 Å². The molecule has 3 heteroatoms. The van der Waals surface area contributed by atoms with Crippen LogP contribution < -0.4 is 0 Å². The van der Waals surface area contributed by atoms with Gasteiger partial charge in [0.25, 0.3) is 0 Å². The Labute approximate surface area is 139 Å². The van der Waals surface area contributed by atoms with Gasteiger partial charge in [-0.1, -0.05) is 50.5 Å². The fourth-order valence-electron chi connectivity index (χ4n) is 3.11. The first-order valence-corrected chi connectivity index (χ1v) is 8.56. The molecule has 0 aliphatic heterocycles. The number of hydrogen-bond donors (Lipinski definition) is 0. The zero-order chi connectivity index (χ0) is 17.0. The Bertz CT molecular complexity index is 635. The standard InChI is InChI=1S/C20H28NO2/c1-5-6-7-8-11-17-18(14-21(2,3)4)20(23)16-13-10-9-12-15(16)19(17)22/h9-10,12-13H,5-8,11,14H2,1-4H3/q+1. The van der Waals surface area contributed by atoms with E-state index in [1.165, 1.54) is 12.8 Å². The average molecular weight is 314 g/mol. The van der Waals surface area contributed by atoms with Crippen LogP contribution in [0.15, 0.2) is 35.4 Å². The van der Waals surface area contributed by atoms with Crippen LogP contribution in [0.3, 0.4) is 0 Å². The molecule has 1 aliphatic rings. The molecule has 0 radical (unpaired) electrons. The van der Waals surface area contributed by atoms with E-state index in [9.17, 15) is 9.59 Å². The molecule has 0 saturated carbocycles. The summed E-state index contributed by atoms with van der Waals surface area (Å²) in [5, 5.41) is 0. The highest BCUT2D eigenvalue weighted by Gasteiger charge is 2.33. The van der Waals surface area contributed by atoms with E-state index in [1.807, 2.05) is 12.1 Å². The van der Waals surface area contributed by atoms with E-state index in [2.05, 4.69) is 28.1 Å². The summed E-state index contributed by atoms with van der Waals surface area (Å²) in [4.78, 5) is 25.8. The van der Waals surface area contributed by atoms with Crippen LogP contribution in [0.25, 0.3) is 0 Å². The lowest BCUT2D eigenvalue weighted by Crippen LogP contribution is -2.40. The van der Waals surface area contributed by atoms with Crippen molar-refractivity contribution in [2.75, 3.05) is 27.7 Å². The summed E-state index contributed by atoms with van der Waals surface area (Å²) < 4.78 is 0.648. The predicted octanol–water partition coefficient (Wildman–Crippen LogP) is 4.04. The van der Waals surface area contributed by atoms with Gasteiger partial charge in [0.15, 0.2) is 11.6 Å². The molecular weight excluding hydrogens is 286 g/mol. The molecule has 0 heterocycles. The number of carbonyl (C=O) groups is 2. The van der Waals surface area contributed by atoms with Crippen molar-refractivity contribution in [3.05, 3.63) is 46.5 Å². The summed E-state index contributed by atoms with van der Waals surface area (Å²) >= 11 is 0. The monoisotopic (exact) mass is 314 g/mol. The Morgan fingerprint density at radius 3 is 1.91 bits per heavy atom. The molecule has 0 aromatic heterocycles. The molecule has 0 atom stereocenters. The second-order valence-corrected chi connectivity index (χ2v) is 7.42. The van der Waals surface area contributed by atoms with Gasteiger partial charge in [0.2, 0.25) is 0 Å². The van der Waals surface area contributed by atoms with Crippen molar-refractivity contribution in [2.24, 2.45) is 0 Å². The Morgan fingerprint density at radius 1 is 0.826 bits per heavy atom. The first-order chi connectivity index (χ1) is 10.8. The van der Waals surface area contributed by atoms with E-state index in [-0.39, 0.29) is 11.6 Å². The minimum Gasteiger partial charge on any atom is -0.327 e. The molecule has 1 aromatic carbocycles. The largest absolute Gasteiger partial charge is 0.327 e. The smallest absolute Gasteiger partial charge is 0.195 e. The van der Waals surface area contributed by atoms with Crippen LogP contribution in [-0.4, -0.2) is 43.7 Å². The first-order valence-electron chi connectivity index (χ1n) is 8.56. The quantitative estimate of drug-likeness (QED) is 0.562. The summed E-state index contributed by atoms with van der Waals surface area (Å²) in [6, 6.07) is 7.23. The van der Waals surface area contributed by atoms with E-state index >= 15 is 0 Å². The highest BCUT2D eigenvalue weighted by molar-refractivity contribution is 6.27. The van der Waals surface area contributed by atoms with Crippen LogP contribution in [-0.2, 0) is 0 Å². The maximum atomic E-state index is 12.9. The third kappa shape index (κ3) is 4.17. The number of ketones is 2. The van der Waals surface area contributed by atoms with Gasteiger partial charge in [-0.2, -0.15) is 0 Å². The van der Waals surface area contributed by atoms with Crippen LogP contribution in [0.5, 0.6) is 0 Å². The molecule has 2 rings (SSSR count). The van der Waals surface area contributed by atoms with Gasteiger partial charge in [-0.3, -0.25) is 9.59 Å². The van der Waals surface area contributed by atoms with E-state index in [4.69, 9.17) is 0 Å². The normalized spacial score (nSPS) is 15.1. The zero-order valence-corrected chi connectivity index (χ0v) is 14.8. The number of unbranched alkanes of at least 4 members (excludes halogenated alkanes) is 3. The molecule has 0 spiro atoms. The molecule has 0 bridgehead atoms. The van der Waals surface area contributed by atoms with Gasteiger partial charge in [-0.15, -0.1) is 0 Å². The molecule has 23 heavy (non-hydrogen) atoms. The molecule has 1 aliphatic carbocycles. The predicted molar refractivity (Wildman–Crippen MR) is 93.8 cm³/mol. The minimum atomic E-state index is 0.0405. The Morgan fingerprint density at radius 2 is 1.39 bits per heavy atom. The number of allylic oxidation sites excluding steroid dienone is 1. The lowest BCUT2D eigenvalue weighted by molar-refractivity contribution is -0.865. The number of rotatable bonds is 7. The highest BCUT2D eigenvalue weighted by atomic mass is 16.1. The van der Waals surface area contributed by atoms with Gasteiger partial charge in [0, 0.05) is 16.7 Å². The lowest BCUT2D eigenvalue weighted by atomic mass is 9.81. The number of carbonyl (C=O) groups excluding carboxylic acids is 2. The zero-order valence-electron chi connectivity index (χ0n) is 14.8. The maximum Gasteiger partial charge on any atom is 0.195 e. The molecular formula is C20H28NO2+. The summed E-state index contributed by atoms with van der Waals surface area (Å²) in [5.41, 5.74) is 2.61. The van der Waals surface area contributed by atoms with Crippen molar-refractivity contribution in [3.8, 4) is 0 Å². The maximum absolute atomic E-state index is 12.9. The molecule has 0 fully saturated rings. The van der Waals surface area contributed by atoms with Crippen LogP contribution in [0.1, 0.15) is 59.7 Å². The third-order valence-corrected chi connectivity index (χ3v) is 4.24. The molecule has 124 valence electrons. The summed E-state index contributed by atoms with van der Waals surface area (Å²) in [6.07, 6.45) is 5.15. The molecule has 1 aromatic rings. The SMILES string of the molecule is CCCCCCC1=C(C[N+](C)(C)C)C(=O)c2ccccc2C1=O. The molecule has 0 amide bonds.